The molecule has 0 fully saturated rings. The molecule has 0 aromatic heterocycles. The Bertz CT molecular complexity index is 40.7. The molecule has 0 atom stereocenters. The molecule has 0 saturated carbocycles. The number of hydrogen-bond donors (Lipinski definition) is 0. The molecule has 0 bridgehead atoms. The van der Waals surface area contributed by atoms with Gasteiger partial charge in [-0.2, -0.15) is 0 Å². The van der Waals surface area contributed by atoms with E-state index in [2.05, 4.69) is 0 Å². The van der Waals surface area contributed by atoms with E-state index < -0.39 is 9.05 Å². The summed E-state index contributed by atoms with van der Waals surface area (Å²) in [7, 11) is -5.61. The summed E-state index contributed by atoms with van der Waals surface area (Å²) in [6, 6.07) is 0. The molecule has 0 aromatic carbocycles. The molecule has 0 amide bonds. The predicted octanol–water partition coefficient (Wildman–Crippen LogP) is -11.9. The monoisotopic (exact) mass is 257 g/mol. The van der Waals surface area contributed by atoms with Gasteiger partial charge in [-0.1, -0.05) is 0 Å². The topological polar surface area (TPSA) is 92.2 Å². The Hall–Kier alpha value is 3.44. The van der Waals surface area contributed by atoms with Gasteiger partial charge in [0.1, 0.15) is 0 Å². The van der Waals surface area contributed by atoms with Crippen LogP contribution in [0.5, 0.6) is 0 Å². The Labute approximate surface area is 139 Å². The van der Waals surface area contributed by atoms with Gasteiger partial charge in [0.2, 0.25) is 0 Å². The molecular weight excluding hydrogens is 257 g/mol. The summed E-state index contributed by atoms with van der Waals surface area (Å²) in [6.45, 7) is 0. The molecule has 0 N–H and O–H groups in total. The molecule has 0 spiro atoms. The zero-order valence-electron chi connectivity index (χ0n) is 5.15. The number of hydrogen-bond acceptors (Lipinski definition) is 4. The van der Waals surface area contributed by atoms with Crippen molar-refractivity contribution in [1.82, 2.24) is 0 Å². The molecule has 10 heavy (non-hydrogen) atoms. The average Bonchev–Trinajstić information content (AvgIpc) is 0.722. The van der Waals surface area contributed by atoms with Crippen molar-refractivity contribution in [2.45, 2.75) is 0 Å². The summed E-state index contributed by atoms with van der Waals surface area (Å²) in [5.41, 5.74) is 0. The fourth-order valence-corrected chi connectivity index (χ4v) is 0. The van der Waals surface area contributed by atoms with E-state index in [-0.39, 0.29) is 114 Å². The molecule has 0 aliphatic carbocycles. The van der Waals surface area contributed by atoms with Gasteiger partial charge < -0.3 is 32.9 Å². The fourth-order valence-electron chi connectivity index (χ4n) is 0. The predicted molar refractivity (Wildman–Crippen MR) is 17.3 cm³/mol. The summed E-state index contributed by atoms with van der Waals surface area (Å²) in [5.74, 6) is 0. The minimum Gasteiger partial charge on any atom is -1.00 e. The maximum Gasteiger partial charge on any atom is 3.00 e. The van der Waals surface area contributed by atoms with Gasteiger partial charge in [0.25, 0.3) is 0 Å². The average molecular weight is 257 g/mol. The summed E-state index contributed by atoms with van der Waals surface area (Å²) < 4.78 is 0. The van der Waals surface area contributed by atoms with Crippen LogP contribution in [0.15, 0.2) is 0 Å². The first-order valence-electron chi connectivity index (χ1n) is 0.816. The Morgan fingerprint density at radius 1 is 0.900 bits per heavy atom. The van der Waals surface area contributed by atoms with Crippen LogP contribution < -0.4 is 75.3 Å². The second-order valence-electron chi connectivity index (χ2n) is 0.500. The third-order valence-corrected chi connectivity index (χ3v) is 0. The van der Waals surface area contributed by atoms with Crippen molar-refractivity contribution in [3.63, 3.8) is 0 Å². The van der Waals surface area contributed by atoms with Crippen LogP contribution in [0.1, 0.15) is 0 Å². The second kappa shape index (κ2) is 18.3. The van der Waals surface area contributed by atoms with E-state index in [9.17, 15) is 0 Å². The standard InChI is InChI=1S/Al.FH.Fe.K.Mg.O4Si/c;;;;;1-5(2,3)4/h;1H;;;;/q+3;;+2;+1;+2;-4/p-1. The summed E-state index contributed by atoms with van der Waals surface area (Å²) in [4.78, 5) is 34.3. The van der Waals surface area contributed by atoms with Gasteiger partial charge in [0.15, 0.2) is 0 Å². The summed E-state index contributed by atoms with van der Waals surface area (Å²) in [6.07, 6.45) is 0. The molecule has 46 valence electrons. The third-order valence-electron chi connectivity index (χ3n) is 0. The number of halogens is 1. The van der Waals surface area contributed by atoms with E-state index in [1.807, 2.05) is 0 Å². The van der Waals surface area contributed by atoms with Crippen molar-refractivity contribution in [1.29, 1.82) is 0 Å². The van der Waals surface area contributed by atoms with Crippen LogP contribution in [0.3, 0.4) is 0 Å². The maximum atomic E-state index is 8.58. The summed E-state index contributed by atoms with van der Waals surface area (Å²) >= 11 is 0. The fraction of sp³-hybridized carbons (Fsp3) is 0. The molecule has 0 unspecified atom stereocenters. The van der Waals surface area contributed by atoms with Crippen LogP contribution >= 0.6 is 0 Å². The molecule has 10 heteroatoms. The Kier molecular flexibility index (Phi) is 68.6. The van der Waals surface area contributed by atoms with Crippen molar-refractivity contribution in [3.8, 4) is 0 Å². The van der Waals surface area contributed by atoms with Gasteiger partial charge in [0.05, 0.1) is 0 Å². The minimum atomic E-state index is -5.61. The van der Waals surface area contributed by atoms with Gasteiger partial charge in [-0.15, -0.1) is 0 Å². The van der Waals surface area contributed by atoms with Crippen LogP contribution in [-0.2, 0) is 17.1 Å². The van der Waals surface area contributed by atoms with Gasteiger partial charge >= 0.3 is 109 Å². The quantitative estimate of drug-likeness (QED) is 0.403. The largest absolute Gasteiger partial charge is 3.00 e. The Morgan fingerprint density at radius 3 is 0.900 bits per heavy atom. The Morgan fingerprint density at radius 2 is 0.900 bits per heavy atom. The van der Waals surface area contributed by atoms with Gasteiger partial charge in [-0.3, -0.25) is 0 Å². The SMILES string of the molecule is [Al+3].[F-].[Fe+2].[K+].[Mg+2].[O-][Si]([O-])([O-])[O-]. The molecule has 0 aliphatic rings. The molecular formula is AlFFeKMgO4Si+3. The van der Waals surface area contributed by atoms with E-state index >= 15 is 0 Å². The van der Waals surface area contributed by atoms with E-state index in [1.165, 1.54) is 0 Å². The van der Waals surface area contributed by atoms with Crippen LogP contribution in [-0.4, -0.2) is 49.5 Å². The molecule has 0 rings (SSSR count). The van der Waals surface area contributed by atoms with E-state index in [0.29, 0.717) is 0 Å². The third kappa shape index (κ3) is 105. The Balaban J connectivity index is -0.00000000800. The van der Waals surface area contributed by atoms with E-state index in [0.717, 1.165) is 0 Å². The second-order valence-corrected chi connectivity index (χ2v) is 1.50. The molecule has 0 aromatic rings. The van der Waals surface area contributed by atoms with E-state index in [4.69, 9.17) is 19.2 Å². The van der Waals surface area contributed by atoms with Gasteiger partial charge in [-0.05, 0) is 0 Å². The van der Waals surface area contributed by atoms with Gasteiger partial charge in [0, 0.05) is 0 Å². The molecule has 0 saturated heterocycles. The molecule has 0 aliphatic heterocycles. The van der Waals surface area contributed by atoms with Crippen molar-refractivity contribution in [2.24, 2.45) is 0 Å². The zero-order valence-corrected chi connectivity index (χ0v) is 12.9. The first-order chi connectivity index (χ1) is 2.00. The van der Waals surface area contributed by atoms with Crippen LogP contribution in [0.25, 0.3) is 0 Å². The van der Waals surface area contributed by atoms with Crippen molar-refractivity contribution < 1.29 is 92.3 Å². The maximum absolute atomic E-state index is 8.58. The smallest absolute Gasteiger partial charge is 1.00 e. The van der Waals surface area contributed by atoms with Crippen LogP contribution in [0, 0.1) is 0 Å². The number of rotatable bonds is 0. The van der Waals surface area contributed by atoms with Gasteiger partial charge in [-0.25, -0.2) is 0 Å². The van der Waals surface area contributed by atoms with Crippen molar-refractivity contribution in [2.75, 3.05) is 0 Å². The zero-order chi connectivity index (χ0) is 4.50. The molecule has 0 radical (unpaired) electrons. The van der Waals surface area contributed by atoms with Crippen LogP contribution in [0.4, 0.5) is 0 Å². The molecule has 0 heterocycles. The van der Waals surface area contributed by atoms with Crippen LogP contribution in [0.2, 0.25) is 0 Å². The molecule has 4 nitrogen and oxygen atoms in total. The first-order valence-corrected chi connectivity index (χ1v) is 2.45. The summed E-state index contributed by atoms with van der Waals surface area (Å²) in [5, 5.41) is 0. The normalized spacial score (nSPS) is 6.00. The van der Waals surface area contributed by atoms with Crippen molar-refractivity contribution >= 4 is 49.5 Å². The van der Waals surface area contributed by atoms with E-state index in [1.54, 1.807) is 0 Å². The first kappa shape index (κ1) is 37.6. The van der Waals surface area contributed by atoms with Crippen molar-refractivity contribution in [3.05, 3.63) is 0 Å². The minimum absolute atomic E-state index is 0.